The van der Waals surface area contributed by atoms with Crippen LogP contribution in [0.2, 0.25) is 5.02 Å². The van der Waals surface area contributed by atoms with Crippen LogP contribution in [0, 0.1) is 0 Å². The smallest absolute Gasteiger partial charge is 0.339 e. The fraction of sp³-hybridized carbons (Fsp3) is 0. The SMILES string of the molecule is NS(=O)(=O)c1ccccc1Oc1cc(Cl)ccc1C(=O)O. The molecular formula is C13H10ClNO5S. The first-order chi connectivity index (χ1) is 9.79. The van der Waals surface area contributed by atoms with Gasteiger partial charge in [0.05, 0.1) is 0 Å². The van der Waals surface area contributed by atoms with Crippen LogP contribution in [0.1, 0.15) is 10.4 Å². The molecule has 0 aliphatic rings. The summed E-state index contributed by atoms with van der Waals surface area (Å²) in [5.41, 5.74) is -0.149. The number of carbonyl (C=O) groups is 1. The first-order valence-corrected chi connectivity index (χ1v) is 7.54. The van der Waals surface area contributed by atoms with Crippen molar-refractivity contribution in [1.82, 2.24) is 0 Å². The number of para-hydroxylation sites is 1. The van der Waals surface area contributed by atoms with Crippen LogP contribution in [0.5, 0.6) is 11.5 Å². The van der Waals surface area contributed by atoms with Gasteiger partial charge in [-0.25, -0.2) is 18.4 Å². The van der Waals surface area contributed by atoms with E-state index in [1.54, 1.807) is 0 Å². The quantitative estimate of drug-likeness (QED) is 0.897. The number of hydrogen-bond donors (Lipinski definition) is 2. The lowest BCUT2D eigenvalue weighted by Gasteiger charge is -2.11. The van der Waals surface area contributed by atoms with Gasteiger partial charge in [0.1, 0.15) is 22.0 Å². The molecule has 0 fully saturated rings. The summed E-state index contributed by atoms with van der Waals surface area (Å²) in [7, 11) is -4.00. The van der Waals surface area contributed by atoms with Crippen molar-refractivity contribution in [2.45, 2.75) is 4.90 Å². The van der Waals surface area contributed by atoms with Gasteiger partial charge < -0.3 is 9.84 Å². The van der Waals surface area contributed by atoms with E-state index in [0.29, 0.717) is 0 Å². The van der Waals surface area contributed by atoms with Crippen LogP contribution in [0.3, 0.4) is 0 Å². The molecule has 6 nitrogen and oxygen atoms in total. The monoisotopic (exact) mass is 327 g/mol. The maximum Gasteiger partial charge on any atom is 0.339 e. The van der Waals surface area contributed by atoms with Gasteiger partial charge in [0.2, 0.25) is 10.0 Å². The van der Waals surface area contributed by atoms with Crippen molar-refractivity contribution in [3.8, 4) is 11.5 Å². The molecular weight excluding hydrogens is 318 g/mol. The van der Waals surface area contributed by atoms with Crippen molar-refractivity contribution in [1.29, 1.82) is 0 Å². The molecule has 0 aromatic heterocycles. The van der Waals surface area contributed by atoms with Crippen molar-refractivity contribution in [2.75, 3.05) is 0 Å². The van der Waals surface area contributed by atoms with E-state index < -0.39 is 16.0 Å². The summed E-state index contributed by atoms with van der Waals surface area (Å²) in [5, 5.41) is 14.4. The molecule has 0 aliphatic carbocycles. The highest BCUT2D eigenvalue weighted by molar-refractivity contribution is 7.89. The lowest BCUT2D eigenvalue weighted by Crippen LogP contribution is -2.13. The van der Waals surface area contributed by atoms with Crippen LogP contribution in [-0.2, 0) is 10.0 Å². The second kappa shape index (κ2) is 5.72. The summed E-state index contributed by atoms with van der Waals surface area (Å²) in [6.07, 6.45) is 0. The van der Waals surface area contributed by atoms with Crippen LogP contribution in [0.4, 0.5) is 0 Å². The van der Waals surface area contributed by atoms with Gasteiger partial charge in [-0.1, -0.05) is 23.7 Å². The van der Waals surface area contributed by atoms with Gasteiger partial charge in [0, 0.05) is 11.1 Å². The number of aromatic carboxylic acids is 1. The Labute approximate surface area is 125 Å². The highest BCUT2D eigenvalue weighted by Gasteiger charge is 2.18. The zero-order valence-corrected chi connectivity index (χ0v) is 12.1. The maximum atomic E-state index is 11.5. The zero-order valence-electron chi connectivity index (χ0n) is 10.5. The Morgan fingerprint density at radius 2 is 1.81 bits per heavy atom. The van der Waals surface area contributed by atoms with E-state index in [1.165, 1.54) is 42.5 Å². The van der Waals surface area contributed by atoms with Crippen molar-refractivity contribution in [2.24, 2.45) is 5.14 Å². The normalized spacial score (nSPS) is 11.1. The minimum atomic E-state index is -4.00. The summed E-state index contributed by atoms with van der Waals surface area (Å²) < 4.78 is 28.4. The molecule has 0 saturated heterocycles. The second-order valence-corrected chi connectivity index (χ2v) is 6.01. The van der Waals surface area contributed by atoms with Crippen LogP contribution in [0.15, 0.2) is 47.4 Å². The number of carboxylic acid groups (broad SMARTS) is 1. The van der Waals surface area contributed by atoms with Gasteiger partial charge in [0.15, 0.2) is 0 Å². The second-order valence-electron chi connectivity index (χ2n) is 4.04. The van der Waals surface area contributed by atoms with E-state index in [-0.39, 0.29) is 27.0 Å². The first-order valence-electron chi connectivity index (χ1n) is 5.61. The van der Waals surface area contributed by atoms with Gasteiger partial charge >= 0.3 is 5.97 Å². The largest absolute Gasteiger partial charge is 0.478 e. The molecule has 0 amide bonds. The summed E-state index contributed by atoms with van der Waals surface area (Å²) in [5.74, 6) is -1.38. The number of rotatable bonds is 4. The molecule has 0 saturated carbocycles. The minimum absolute atomic E-state index is 0.0777. The number of benzene rings is 2. The molecule has 0 unspecified atom stereocenters. The van der Waals surface area contributed by atoms with Crippen molar-refractivity contribution >= 4 is 27.6 Å². The summed E-state index contributed by atoms with van der Waals surface area (Å²) >= 11 is 5.80. The van der Waals surface area contributed by atoms with Gasteiger partial charge in [-0.05, 0) is 24.3 Å². The third-order valence-corrected chi connectivity index (χ3v) is 3.74. The number of hydrogen-bond acceptors (Lipinski definition) is 4. The maximum absolute atomic E-state index is 11.5. The topological polar surface area (TPSA) is 107 Å². The van der Waals surface area contributed by atoms with Crippen molar-refractivity contribution < 1.29 is 23.1 Å². The Morgan fingerprint density at radius 3 is 2.43 bits per heavy atom. The number of halogens is 1. The number of sulfonamides is 1. The van der Waals surface area contributed by atoms with Crippen LogP contribution < -0.4 is 9.88 Å². The molecule has 21 heavy (non-hydrogen) atoms. The molecule has 0 atom stereocenters. The fourth-order valence-corrected chi connectivity index (χ4v) is 2.47. The van der Waals surface area contributed by atoms with Crippen LogP contribution in [0.25, 0.3) is 0 Å². The fourth-order valence-electron chi connectivity index (χ4n) is 1.65. The van der Waals surface area contributed by atoms with E-state index in [9.17, 15) is 13.2 Å². The Balaban J connectivity index is 2.54. The van der Waals surface area contributed by atoms with Gasteiger partial charge in [0.25, 0.3) is 0 Å². The predicted molar refractivity (Wildman–Crippen MR) is 76.3 cm³/mol. The number of carboxylic acids is 1. The van der Waals surface area contributed by atoms with E-state index in [1.807, 2.05) is 0 Å². The highest BCUT2D eigenvalue weighted by atomic mass is 35.5. The molecule has 0 spiro atoms. The summed E-state index contributed by atoms with van der Waals surface area (Å²) in [4.78, 5) is 10.9. The standard InChI is InChI=1S/C13H10ClNO5S/c14-8-5-6-9(13(16)17)11(7-8)20-10-3-1-2-4-12(10)21(15,18)19/h1-7H,(H,16,17)(H2,15,18,19). The Morgan fingerprint density at radius 1 is 1.14 bits per heavy atom. The molecule has 0 radical (unpaired) electrons. The number of nitrogens with two attached hydrogens (primary N) is 1. The molecule has 8 heteroatoms. The van der Waals surface area contributed by atoms with Crippen LogP contribution >= 0.6 is 11.6 Å². The highest BCUT2D eigenvalue weighted by Crippen LogP contribution is 2.32. The van der Waals surface area contributed by atoms with Crippen LogP contribution in [-0.4, -0.2) is 19.5 Å². The molecule has 110 valence electrons. The molecule has 3 N–H and O–H groups in total. The molecule has 0 bridgehead atoms. The Kier molecular flexibility index (Phi) is 4.17. The molecule has 2 rings (SSSR count). The van der Waals surface area contributed by atoms with Gasteiger partial charge in [-0.3, -0.25) is 0 Å². The van der Waals surface area contributed by atoms with E-state index in [4.69, 9.17) is 26.6 Å². The minimum Gasteiger partial charge on any atom is -0.478 e. The van der Waals surface area contributed by atoms with Crippen molar-refractivity contribution in [3.05, 3.63) is 53.1 Å². The lowest BCUT2D eigenvalue weighted by molar-refractivity contribution is 0.0694. The molecule has 0 aliphatic heterocycles. The summed E-state index contributed by atoms with van der Waals surface area (Å²) in [6, 6.07) is 9.58. The lowest BCUT2D eigenvalue weighted by atomic mass is 10.2. The van der Waals surface area contributed by atoms with Crippen molar-refractivity contribution in [3.63, 3.8) is 0 Å². The third kappa shape index (κ3) is 3.52. The van der Waals surface area contributed by atoms with E-state index >= 15 is 0 Å². The summed E-state index contributed by atoms with van der Waals surface area (Å²) in [6.45, 7) is 0. The number of primary sulfonamides is 1. The number of ether oxygens (including phenoxy) is 1. The van der Waals surface area contributed by atoms with Gasteiger partial charge in [-0.2, -0.15) is 0 Å². The predicted octanol–water partition coefficient (Wildman–Crippen LogP) is 2.48. The van der Waals surface area contributed by atoms with Gasteiger partial charge in [-0.15, -0.1) is 0 Å². The average molecular weight is 328 g/mol. The van der Waals surface area contributed by atoms with E-state index in [0.717, 1.165) is 0 Å². The molecule has 2 aromatic carbocycles. The Bertz CT molecular complexity index is 804. The molecule has 0 heterocycles. The first kappa shape index (κ1) is 15.3. The Hall–Kier alpha value is -2.09. The average Bonchev–Trinajstić information content (AvgIpc) is 2.37. The zero-order chi connectivity index (χ0) is 15.6. The van der Waals surface area contributed by atoms with E-state index in [2.05, 4.69) is 0 Å². The molecule has 2 aromatic rings. The third-order valence-electron chi connectivity index (χ3n) is 2.55.